The fraction of sp³-hybridized carbons (Fsp3) is 0.556. The third kappa shape index (κ3) is 1.07. The first-order valence-corrected chi connectivity index (χ1v) is 5.60. The number of hydrogen-bond donors (Lipinski definition) is 0. The van der Waals surface area contributed by atoms with Gasteiger partial charge in [0.2, 0.25) is 0 Å². The predicted octanol–water partition coefficient (Wildman–Crippen LogP) is 2.24. The average Bonchev–Trinajstić information content (AvgIpc) is 2.34. The van der Waals surface area contributed by atoms with Gasteiger partial charge in [-0.3, -0.25) is 0 Å². The normalized spacial score (nSPS) is 37.5. The molecule has 0 N–H and O–H groups in total. The van der Waals surface area contributed by atoms with Crippen molar-refractivity contribution < 1.29 is 0 Å². The van der Waals surface area contributed by atoms with Gasteiger partial charge in [0.05, 0.1) is 0 Å². The molecule has 1 heteroatoms. The molecule has 0 aromatic heterocycles. The molecule has 0 saturated heterocycles. The van der Waals surface area contributed by atoms with E-state index in [4.69, 9.17) is 0 Å². The molecule has 0 amide bonds. The van der Waals surface area contributed by atoms with Crippen molar-refractivity contribution in [2.45, 2.75) is 23.2 Å². The maximum atomic E-state index is 2.35. The summed E-state index contributed by atoms with van der Waals surface area (Å²) in [5.41, 5.74) is 1.75. The number of hydrogen-bond acceptors (Lipinski definition) is 0. The van der Waals surface area contributed by atoms with Gasteiger partial charge in [0.15, 0.2) is 0 Å². The molecule has 2 aliphatic rings. The van der Waals surface area contributed by atoms with Crippen molar-refractivity contribution in [1.29, 1.82) is 0 Å². The molecule has 0 aromatic rings. The summed E-state index contributed by atoms with van der Waals surface area (Å²) < 4.78 is 0.960. The number of allylic oxidation sites excluding steroid dienone is 4. The summed E-state index contributed by atoms with van der Waals surface area (Å²) in [7, 11) is 0. The SMILES string of the molecule is [Sn][CH]1CCC2CC=CC=C12. The van der Waals surface area contributed by atoms with Crippen LogP contribution in [0.15, 0.2) is 23.8 Å². The summed E-state index contributed by atoms with van der Waals surface area (Å²) in [6.45, 7) is 0. The van der Waals surface area contributed by atoms with E-state index in [1.54, 1.807) is 28.1 Å². The molecule has 0 aromatic carbocycles. The van der Waals surface area contributed by atoms with Crippen LogP contribution >= 0.6 is 0 Å². The summed E-state index contributed by atoms with van der Waals surface area (Å²) in [4.78, 5) is 0. The van der Waals surface area contributed by atoms with E-state index in [-0.39, 0.29) is 0 Å². The van der Waals surface area contributed by atoms with Crippen LogP contribution in [0.2, 0.25) is 3.93 Å². The van der Waals surface area contributed by atoms with Crippen LogP contribution in [0.4, 0.5) is 0 Å². The molecular formula is C9H11Sn. The molecule has 1 fully saturated rings. The molecule has 2 aliphatic carbocycles. The summed E-state index contributed by atoms with van der Waals surface area (Å²) in [5, 5.41) is 0. The molecule has 2 unspecified atom stereocenters. The molecule has 0 aliphatic heterocycles. The molecule has 0 bridgehead atoms. The Morgan fingerprint density at radius 2 is 2.30 bits per heavy atom. The topological polar surface area (TPSA) is 0 Å². The Hall–Kier alpha value is 0.279. The van der Waals surface area contributed by atoms with Crippen molar-refractivity contribution in [2.24, 2.45) is 5.92 Å². The van der Waals surface area contributed by atoms with Crippen LogP contribution in [0.1, 0.15) is 19.3 Å². The Labute approximate surface area is 75.5 Å². The van der Waals surface area contributed by atoms with E-state index < -0.39 is 0 Å². The molecule has 1 saturated carbocycles. The monoisotopic (exact) mass is 239 g/mol. The molecule has 3 radical (unpaired) electrons. The minimum absolute atomic E-state index is 0.939. The van der Waals surface area contributed by atoms with Crippen molar-refractivity contribution in [1.82, 2.24) is 0 Å². The standard InChI is InChI=1S/C9H11.Sn/c1-2-5-9-7-3-6-8(9)4-1;/h1-2,4,6,9H,3,5,7H2;. The number of fused-ring (bicyclic) bond motifs is 1. The molecule has 2 rings (SSSR count). The molecule has 10 heavy (non-hydrogen) atoms. The Balaban J connectivity index is 2.25. The first kappa shape index (κ1) is 6.96. The van der Waals surface area contributed by atoms with Crippen molar-refractivity contribution in [3.8, 4) is 0 Å². The Kier molecular flexibility index (Phi) is 1.90. The molecule has 2 atom stereocenters. The van der Waals surface area contributed by atoms with Gasteiger partial charge in [0.1, 0.15) is 0 Å². The second-order valence-corrected chi connectivity index (χ2v) is 5.15. The van der Waals surface area contributed by atoms with Crippen LogP contribution in [0.25, 0.3) is 0 Å². The summed E-state index contributed by atoms with van der Waals surface area (Å²) >= 11 is 1.72. The van der Waals surface area contributed by atoms with Crippen LogP contribution in [0, 0.1) is 5.92 Å². The van der Waals surface area contributed by atoms with Crippen LogP contribution in [-0.2, 0) is 0 Å². The zero-order chi connectivity index (χ0) is 6.97. The summed E-state index contributed by atoms with van der Waals surface area (Å²) in [6.07, 6.45) is 11.1. The van der Waals surface area contributed by atoms with E-state index in [0.717, 1.165) is 9.85 Å². The Morgan fingerprint density at radius 3 is 3.10 bits per heavy atom. The first-order valence-electron chi connectivity index (χ1n) is 3.95. The van der Waals surface area contributed by atoms with Crippen LogP contribution < -0.4 is 0 Å². The predicted molar refractivity (Wildman–Crippen MR) is 44.1 cm³/mol. The van der Waals surface area contributed by atoms with Crippen molar-refractivity contribution in [3.05, 3.63) is 23.8 Å². The molecule has 0 heterocycles. The van der Waals surface area contributed by atoms with Gasteiger partial charge in [0.25, 0.3) is 0 Å². The molecule has 0 nitrogen and oxygen atoms in total. The van der Waals surface area contributed by atoms with Crippen molar-refractivity contribution in [2.75, 3.05) is 0 Å². The fourth-order valence-corrected chi connectivity index (χ4v) is 3.34. The zero-order valence-electron chi connectivity index (χ0n) is 6.01. The Morgan fingerprint density at radius 1 is 1.40 bits per heavy atom. The van der Waals surface area contributed by atoms with E-state index >= 15 is 0 Å². The van der Waals surface area contributed by atoms with E-state index in [0.29, 0.717) is 0 Å². The van der Waals surface area contributed by atoms with Gasteiger partial charge in [-0.1, -0.05) is 0 Å². The molecular weight excluding hydrogens is 227 g/mol. The van der Waals surface area contributed by atoms with Crippen molar-refractivity contribution in [3.63, 3.8) is 0 Å². The van der Waals surface area contributed by atoms with Gasteiger partial charge in [-0.05, 0) is 0 Å². The van der Waals surface area contributed by atoms with Gasteiger partial charge < -0.3 is 0 Å². The van der Waals surface area contributed by atoms with Crippen molar-refractivity contribution >= 4 is 22.5 Å². The quantitative estimate of drug-likeness (QED) is 0.567. The molecule has 0 spiro atoms. The fourth-order valence-electron chi connectivity index (χ4n) is 1.91. The maximum absolute atomic E-state index is 2.35. The third-order valence-electron chi connectivity index (χ3n) is 2.52. The zero-order valence-corrected chi connectivity index (χ0v) is 8.86. The summed E-state index contributed by atoms with van der Waals surface area (Å²) in [5.74, 6) is 0.939. The summed E-state index contributed by atoms with van der Waals surface area (Å²) in [6, 6.07) is 0. The van der Waals surface area contributed by atoms with E-state index in [2.05, 4.69) is 18.2 Å². The minimum atomic E-state index is 0.939. The van der Waals surface area contributed by atoms with Gasteiger partial charge in [-0.15, -0.1) is 0 Å². The van der Waals surface area contributed by atoms with Gasteiger partial charge in [-0.25, -0.2) is 0 Å². The average molecular weight is 238 g/mol. The number of rotatable bonds is 0. The van der Waals surface area contributed by atoms with Crippen LogP contribution in [0.3, 0.4) is 0 Å². The third-order valence-corrected chi connectivity index (χ3v) is 4.30. The second-order valence-electron chi connectivity index (χ2n) is 3.16. The van der Waals surface area contributed by atoms with Gasteiger partial charge in [-0.2, -0.15) is 0 Å². The van der Waals surface area contributed by atoms with E-state index in [9.17, 15) is 0 Å². The van der Waals surface area contributed by atoms with Crippen LogP contribution in [-0.4, -0.2) is 22.5 Å². The van der Waals surface area contributed by atoms with Gasteiger partial charge >= 0.3 is 75.4 Å². The van der Waals surface area contributed by atoms with E-state index in [1.165, 1.54) is 19.3 Å². The first-order chi connectivity index (χ1) is 4.88. The second kappa shape index (κ2) is 2.72. The van der Waals surface area contributed by atoms with Gasteiger partial charge in [0, 0.05) is 0 Å². The van der Waals surface area contributed by atoms with E-state index in [1.807, 2.05) is 0 Å². The molecule has 51 valence electrons. The van der Waals surface area contributed by atoms with Crippen LogP contribution in [0.5, 0.6) is 0 Å². The Bertz CT molecular complexity index is 191.